The summed E-state index contributed by atoms with van der Waals surface area (Å²) in [6, 6.07) is 10.00. The number of hydrogen-bond donors (Lipinski definition) is 1. The van der Waals surface area contributed by atoms with Crippen molar-refractivity contribution in [3.8, 4) is 5.95 Å². The van der Waals surface area contributed by atoms with E-state index < -0.39 is 0 Å². The van der Waals surface area contributed by atoms with Crippen LogP contribution < -0.4 is 0 Å². The van der Waals surface area contributed by atoms with Crippen LogP contribution in [0.25, 0.3) is 5.95 Å². The first-order valence-corrected chi connectivity index (χ1v) is 7.28. The second kappa shape index (κ2) is 5.69. The van der Waals surface area contributed by atoms with Crippen molar-refractivity contribution in [3.05, 3.63) is 57.6 Å². The molecule has 0 aliphatic rings. The van der Waals surface area contributed by atoms with Gasteiger partial charge in [0.2, 0.25) is 4.77 Å². The maximum Gasteiger partial charge on any atom is 0.271 e. The molecule has 0 saturated heterocycles. The molecule has 1 N–H and O–H groups in total. The molecule has 22 heavy (non-hydrogen) atoms. The third kappa shape index (κ3) is 2.62. The number of hydrogen-bond acceptors (Lipinski definition) is 4. The lowest BCUT2D eigenvalue weighted by Gasteiger charge is -2.03. The highest BCUT2D eigenvalue weighted by molar-refractivity contribution is 7.71. The minimum Gasteiger partial charge on any atom is -0.248 e. The zero-order valence-corrected chi connectivity index (χ0v) is 13.4. The first-order chi connectivity index (χ1) is 10.6. The Morgan fingerprint density at radius 3 is 2.68 bits per heavy atom. The topological polar surface area (TPSA) is 63.8 Å². The third-order valence-corrected chi connectivity index (χ3v) is 3.60. The Bertz CT molecular complexity index is 899. The van der Waals surface area contributed by atoms with Crippen LogP contribution in [0, 0.1) is 25.5 Å². The Morgan fingerprint density at radius 2 is 2.00 bits per heavy atom. The van der Waals surface area contributed by atoms with E-state index in [9.17, 15) is 0 Å². The lowest BCUT2D eigenvalue weighted by molar-refractivity contribution is 0.714. The summed E-state index contributed by atoms with van der Waals surface area (Å²) >= 11 is 5.26. The fraction of sp³-hybridized carbons (Fsp3) is 0.200. The van der Waals surface area contributed by atoms with E-state index in [0.29, 0.717) is 10.7 Å². The molecule has 1 aromatic carbocycles. The highest BCUT2D eigenvalue weighted by Crippen LogP contribution is 2.11. The number of aromatic nitrogens is 5. The average Bonchev–Trinajstić information content (AvgIpc) is 3.00. The minimum absolute atomic E-state index is 0.424. The summed E-state index contributed by atoms with van der Waals surface area (Å²) in [5.41, 5.74) is 4.07. The maximum atomic E-state index is 5.26. The monoisotopic (exact) mass is 312 g/mol. The van der Waals surface area contributed by atoms with Gasteiger partial charge in [0.05, 0.1) is 11.9 Å². The van der Waals surface area contributed by atoms with Gasteiger partial charge in [-0.25, -0.2) is 9.78 Å². The molecule has 0 aliphatic carbocycles. The van der Waals surface area contributed by atoms with Gasteiger partial charge in [0, 0.05) is 5.69 Å². The van der Waals surface area contributed by atoms with Crippen molar-refractivity contribution < 1.29 is 0 Å². The van der Waals surface area contributed by atoms with Crippen LogP contribution in [0.5, 0.6) is 0 Å². The largest absolute Gasteiger partial charge is 0.271 e. The van der Waals surface area contributed by atoms with Crippen molar-refractivity contribution in [2.75, 3.05) is 0 Å². The van der Waals surface area contributed by atoms with Gasteiger partial charge in [0.15, 0.2) is 0 Å². The lowest BCUT2D eigenvalue weighted by Crippen LogP contribution is -2.07. The van der Waals surface area contributed by atoms with Gasteiger partial charge in [-0.15, -0.1) is 5.10 Å². The summed E-state index contributed by atoms with van der Waals surface area (Å²) in [4.78, 5) is 0. The van der Waals surface area contributed by atoms with Crippen molar-refractivity contribution in [1.29, 1.82) is 0 Å². The Hall–Kier alpha value is -2.54. The molecule has 0 fully saturated rings. The molecule has 7 heteroatoms. The van der Waals surface area contributed by atoms with Crippen LogP contribution in [0.2, 0.25) is 0 Å². The van der Waals surface area contributed by atoms with Crippen LogP contribution in [-0.2, 0) is 0 Å². The van der Waals surface area contributed by atoms with Gasteiger partial charge >= 0.3 is 0 Å². The van der Waals surface area contributed by atoms with Gasteiger partial charge in [-0.05, 0) is 50.2 Å². The van der Waals surface area contributed by atoms with Crippen molar-refractivity contribution in [2.24, 2.45) is 5.10 Å². The number of aryl methyl sites for hydroxylation is 3. The van der Waals surface area contributed by atoms with E-state index in [1.54, 1.807) is 15.6 Å². The van der Waals surface area contributed by atoms with E-state index in [0.717, 1.165) is 22.5 Å². The summed E-state index contributed by atoms with van der Waals surface area (Å²) in [6.45, 7) is 5.94. The fourth-order valence-corrected chi connectivity index (χ4v) is 2.38. The van der Waals surface area contributed by atoms with Crippen molar-refractivity contribution in [2.45, 2.75) is 20.8 Å². The van der Waals surface area contributed by atoms with Crippen molar-refractivity contribution in [3.63, 3.8) is 0 Å². The molecule has 112 valence electrons. The predicted octanol–water partition coefficient (Wildman–Crippen LogP) is 2.93. The molecule has 3 rings (SSSR count). The fourth-order valence-electron chi connectivity index (χ4n) is 2.21. The molecule has 0 bridgehead atoms. The van der Waals surface area contributed by atoms with Crippen LogP contribution in [0.4, 0.5) is 0 Å². The quantitative estimate of drug-likeness (QED) is 0.597. The number of aromatic amines is 1. The number of nitrogens with zero attached hydrogens (tertiary/aromatic N) is 5. The van der Waals surface area contributed by atoms with E-state index in [-0.39, 0.29) is 0 Å². The molecule has 6 nitrogen and oxygen atoms in total. The maximum absolute atomic E-state index is 5.26. The standard InChI is InChI=1S/C15H16N6S/c1-10-6-4-5-7-13(10)9-16-21-14(17-18-15(21)22)20-12(3)8-11(2)19-20/h4-9H,1-3H3,(H,18,22)/b16-9-. The van der Waals surface area contributed by atoms with Crippen LogP contribution >= 0.6 is 12.2 Å². The first kappa shape index (κ1) is 14.4. The summed E-state index contributed by atoms with van der Waals surface area (Å²) < 4.78 is 3.71. The minimum atomic E-state index is 0.424. The molecule has 3 aromatic rings. The van der Waals surface area contributed by atoms with Crippen LogP contribution in [0.3, 0.4) is 0 Å². The summed E-state index contributed by atoms with van der Waals surface area (Å²) in [7, 11) is 0. The SMILES string of the molecule is Cc1cc(C)n(-c2n[nH]c(=S)n2/N=C\c2ccccc2C)n1. The van der Waals surface area contributed by atoms with Gasteiger partial charge in [-0.1, -0.05) is 24.3 Å². The number of rotatable bonds is 3. The molecule has 0 spiro atoms. The highest BCUT2D eigenvalue weighted by Gasteiger charge is 2.11. The molecular weight excluding hydrogens is 296 g/mol. The first-order valence-electron chi connectivity index (χ1n) is 6.87. The number of benzene rings is 1. The van der Waals surface area contributed by atoms with E-state index >= 15 is 0 Å². The molecular formula is C15H16N6S. The summed E-state index contributed by atoms with van der Waals surface area (Å²) in [6.07, 6.45) is 1.77. The second-order valence-electron chi connectivity index (χ2n) is 5.08. The Labute approximate surface area is 133 Å². The molecule has 0 atom stereocenters. The smallest absolute Gasteiger partial charge is 0.248 e. The molecule has 0 aliphatic heterocycles. The summed E-state index contributed by atoms with van der Waals surface area (Å²) in [5.74, 6) is 0.542. The average molecular weight is 312 g/mol. The van der Waals surface area contributed by atoms with E-state index in [2.05, 4.69) is 20.4 Å². The Balaban J connectivity index is 2.06. The van der Waals surface area contributed by atoms with E-state index in [1.165, 1.54) is 0 Å². The lowest BCUT2D eigenvalue weighted by atomic mass is 10.1. The van der Waals surface area contributed by atoms with Crippen molar-refractivity contribution >= 4 is 18.4 Å². The summed E-state index contributed by atoms with van der Waals surface area (Å²) in [5, 5.41) is 15.9. The molecule has 0 amide bonds. The number of nitrogens with one attached hydrogen (secondary N) is 1. The van der Waals surface area contributed by atoms with Crippen molar-refractivity contribution in [1.82, 2.24) is 24.7 Å². The van der Waals surface area contributed by atoms with Crippen LogP contribution in [0.1, 0.15) is 22.5 Å². The highest BCUT2D eigenvalue weighted by atomic mass is 32.1. The Kier molecular flexibility index (Phi) is 3.72. The normalized spacial score (nSPS) is 11.4. The van der Waals surface area contributed by atoms with Gasteiger partial charge in [0.1, 0.15) is 0 Å². The van der Waals surface area contributed by atoms with Gasteiger partial charge in [0.25, 0.3) is 5.95 Å². The molecule has 0 radical (unpaired) electrons. The third-order valence-electron chi connectivity index (χ3n) is 3.33. The molecule has 2 aromatic heterocycles. The molecule has 0 saturated carbocycles. The molecule has 2 heterocycles. The van der Waals surface area contributed by atoms with Crippen LogP contribution in [0.15, 0.2) is 35.4 Å². The van der Waals surface area contributed by atoms with Gasteiger partial charge in [-0.3, -0.25) is 0 Å². The second-order valence-corrected chi connectivity index (χ2v) is 5.47. The van der Waals surface area contributed by atoms with Crippen LogP contribution in [-0.4, -0.2) is 30.9 Å². The van der Waals surface area contributed by atoms with Gasteiger partial charge < -0.3 is 0 Å². The van der Waals surface area contributed by atoms with E-state index in [4.69, 9.17) is 12.2 Å². The van der Waals surface area contributed by atoms with E-state index in [1.807, 2.05) is 51.1 Å². The van der Waals surface area contributed by atoms with Gasteiger partial charge in [-0.2, -0.15) is 14.9 Å². The Morgan fingerprint density at radius 1 is 1.23 bits per heavy atom. The molecule has 0 unspecified atom stereocenters. The predicted molar refractivity (Wildman–Crippen MR) is 88.2 cm³/mol. The zero-order chi connectivity index (χ0) is 15.7. The zero-order valence-electron chi connectivity index (χ0n) is 12.6. The number of H-pyrrole nitrogens is 1.